The number of rotatable bonds is 3. The van der Waals surface area contributed by atoms with Gasteiger partial charge in [-0.25, -0.2) is 0 Å². The summed E-state index contributed by atoms with van der Waals surface area (Å²) < 4.78 is 5.30. The van der Waals surface area contributed by atoms with Gasteiger partial charge in [0.25, 0.3) is 0 Å². The average molecular weight is 329 g/mol. The molecule has 0 radical (unpaired) electrons. The molecule has 0 unspecified atom stereocenters. The minimum atomic E-state index is -0.0541. The van der Waals surface area contributed by atoms with Crippen molar-refractivity contribution < 1.29 is 3.07 Å². The highest BCUT2D eigenvalue weighted by molar-refractivity contribution is 14.1. The largest absolute Gasteiger partial charge is 0.427 e. The molecule has 2 aromatic rings. The smallest absolute Gasteiger partial charge is 0.248 e. The molecule has 0 saturated carbocycles. The molecule has 1 aromatic carbocycles. The van der Waals surface area contributed by atoms with Gasteiger partial charge in [-0.15, -0.1) is 0 Å². The van der Waals surface area contributed by atoms with E-state index >= 15 is 0 Å². The summed E-state index contributed by atoms with van der Waals surface area (Å²) in [6, 6.07) is 7.34. The third kappa shape index (κ3) is 2.07. The first-order chi connectivity index (χ1) is 7.76. The molecule has 0 fully saturated rings. The maximum Gasteiger partial charge on any atom is 0.248 e. The third-order valence-corrected chi connectivity index (χ3v) is 2.99. The third-order valence-electron chi connectivity index (χ3n) is 2.51. The first-order valence-corrected chi connectivity index (χ1v) is 6.08. The van der Waals surface area contributed by atoms with Crippen LogP contribution in [0.2, 0.25) is 0 Å². The topological polar surface area (TPSA) is 42.1 Å². The van der Waals surface area contributed by atoms with Crippen molar-refractivity contribution >= 4 is 33.9 Å². The first kappa shape index (κ1) is 11.4. The highest BCUT2D eigenvalue weighted by Crippen LogP contribution is 2.28. The fourth-order valence-corrected chi connectivity index (χ4v) is 2.26. The molecule has 0 aliphatic rings. The summed E-state index contributed by atoms with van der Waals surface area (Å²) in [7, 11) is 0. The molecular formula is C12H12INO2. The van der Waals surface area contributed by atoms with E-state index in [1.807, 2.05) is 41.2 Å². The van der Waals surface area contributed by atoms with Crippen molar-refractivity contribution in [3.05, 3.63) is 40.2 Å². The van der Waals surface area contributed by atoms with Gasteiger partial charge in [-0.05, 0) is 24.1 Å². The molecule has 0 amide bonds. The Balaban J connectivity index is 2.79. The van der Waals surface area contributed by atoms with Crippen molar-refractivity contribution in [2.75, 3.05) is 0 Å². The number of aryl methyl sites for hydroxylation is 1. The van der Waals surface area contributed by atoms with Crippen molar-refractivity contribution in [2.45, 2.75) is 19.8 Å². The van der Waals surface area contributed by atoms with Crippen LogP contribution in [0, 0.1) is 0 Å². The minimum absolute atomic E-state index is 0.0541. The van der Waals surface area contributed by atoms with Crippen LogP contribution in [0.25, 0.3) is 10.9 Å². The molecule has 3 nitrogen and oxygen atoms in total. The van der Waals surface area contributed by atoms with Crippen LogP contribution in [0.15, 0.2) is 29.1 Å². The Morgan fingerprint density at radius 2 is 2.25 bits per heavy atom. The predicted molar refractivity (Wildman–Crippen MR) is 73.2 cm³/mol. The zero-order chi connectivity index (χ0) is 11.5. The number of nitrogens with one attached hydrogen (secondary N) is 1. The highest BCUT2D eigenvalue weighted by atomic mass is 127. The Hall–Kier alpha value is -1.04. The predicted octanol–water partition coefficient (Wildman–Crippen LogP) is 3.21. The number of hydrogen-bond acceptors (Lipinski definition) is 2. The minimum Gasteiger partial charge on any atom is -0.427 e. The number of fused-ring (bicyclic) bond motifs is 1. The highest BCUT2D eigenvalue weighted by Gasteiger charge is 2.08. The number of benzene rings is 1. The zero-order valence-corrected chi connectivity index (χ0v) is 11.1. The van der Waals surface area contributed by atoms with E-state index in [-0.39, 0.29) is 5.56 Å². The van der Waals surface area contributed by atoms with Crippen LogP contribution in [0.5, 0.6) is 5.75 Å². The SMILES string of the molecule is CCCc1cc(=O)[nH]c2cccc(OI)c12. The van der Waals surface area contributed by atoms with Gasteiger partial charge in [0.1, 0.15) is 5.75 Å². The Kier molecular flexibility index (Phi) is 3.48. The molecule has 0 saturated heterocycles. The van der Waals surface area contributed by atoms with Crippen LogP contribution in [0.3, 0.4) is 0 Å². The zero-order valence-electron chi connectivity index (χ0n) is 8.92. The van der Waals surface area contributed by atoms with E-state index in [0.717, 1.165) is 35.1 Å². The van der Waals surface area contributed by atoms with Crippen LogP contribution < -0.4 is 8.63 Å². The van der Waals surface area contributed by atoms with Crippen LogP contribution in [0.4, 0.5) is 0 Å². The molecule has 0 spiro atoms. The van der Waals surface area contributed by atoms with Gasteiger partial charge in [0, 0.05) is 11.5 Å². The molecule has 0 aliphatic heterocycles. The second-order valence-electron chi connectivity index (χ2n) is 3.66. The molecule has 16 heavy (non-hydrogen) atoms. The maximum atomic E-state index is 11.5. The summed E-state index contributed by atoms with van der Waals surface area (Å²) in [5.74, 6) is 0.804. The van der Waals surface area contributed by atoms with Gasteiger partial charge in [-0.2, -0.15) is 0 Å². The summed E-state index contributed by atoms with van der Waals surface area (Å²) in [6.45, 7) is 2.10. The van der Waals surface area contributed by atoms with Gasteiger partial charge in [0.15, 0.2) is 23.0 Å². The number of H-pyrrole nitrogens is 1. The van der Waals surface area contributed by atoms with E-state index in [1.165, 1.54) is 0 Å². The van der Waals surface area contributed by atoms with Gasteiger partial charge in [-0.1, -0.05) is 19.4 Å². The lowest BCUT2D eigenvalue weighted by atomic mass is 10.0. The van der Waals surface area contributed by atoms with Crippen LogP contribution in [-0.4, -0.2) is 4.98 Å². The van der Waals surface area contributed by atoms with Crippen LogP contribution in [0.1, 0.15) is 18.9 Å². The number of aromatic amines is 1. The van der Waals surface area contributed by atoms with E-state index in [4.69, 9.17) is 3.07 Å². The number of hydrogen-bond donors (Lipinski definition) is 1. The molecule has 0 atom stereocenters. The molecule has 2 rings (SSSR count). The van der Waals surface area contributed by atoms with Crippen LogP contribution >= 0.6 is 23.0 Å². The number of halogens is 1. The normalized spacial score (nSPS) is 10.6. The second-order valence-corrected chi connectivity index (χ2v) is 4.11. The van der Waals surface area contributed by atoms with Crippen molar-refractivity contribution in [1.82, 2.24) is 4.98 Å². The fourth-order valence-electron chi connectivity index (χ4n) is 1.90. The van der Waals surface area contributed by atoms with E-state index in [9.17, 15) is 4.79 Å². The summed E-state index contributed by atoms with van der Waals surface area (Å²) >= 11 is 1.86. The van der Waals surface area contributed by atoms with Crippen LogP contribution in [-0.2, 0) is 6.42 Å². The lowest BCUT2D eigenvalue weighted by Gasteiger charge is -2.08. The summed E-state index contributed by atoms with van der Waals surface area (Å²) in [6.07, 6.45) is 1.89. The number of aromatic nitrogens is 1. The monoisotopic (exact) mass is 329 g/mol. The molecular weight excluding hydrogens is 317 g/mol. The van der Waals surface area contributed by atoms with Crippen molar-refractivity contribution in [2.24, 2.45) is 0 Å². The summed E-state index contributed by atoms with van der Waals surface area (Å²) in [4.78, 5) is 14.3. The lowest BCUT2D eigenvalue weighted by Crippen LogP contribution is -2.06. The van der Waals surface area contributed by atoms with E-state index in [2.05, 4.69) is 11.9 Å². The average Bonchev–Trinajstić information content (AvgIpc) is 2.28. The van der Waals surface area contributed by atoms with Crippen molar-refractivity contribution in [3.63, 3.8) is 0 Å². The quantitative estimate of drug-likeness (QED) is 0.879. The molecule has 1 heterocycles. The second kappa shape index (κ2) is 4.86. The maximum absolute atomic E-state index is 11.5. The van der Waals surface area contributed by atoms with Gasteiger partial charge < -0.3 is 8.05 Å². The number of pyridine rings is 1. The summed E-state index contributed by atoms with van der Waals surface area (Å²) in [5, 5.41) is 1.01. The fraction of sp³-hybridized carbons (Fsp3) is 0.250. The van der Waals surface area contributed by atoms with E-state index in [1.54, 1.807) is 6.07 Å². The Labute approximate surface area is 108 Å². The molecule has 0 aliphatic carbocycles. The Morgan fingerprint density at radius 3 is 2.94 bits per heavy atom. The summed E-state index contributed by atoms with van der Waals surface area (Å²) in [5.41, 5.74) is 1.83. The van der Waals surface area contributed by atoms with Crippen molar-refractivity contribution in [1.29, 1.82) is 0 Å². The molecule has 1 N–H and O–H groups in total. The van der Waals surface area contributed by atoms with Gasteiger partial charge in [0.2, 0.25) is 5.56 Å². The van der Waals surface area contributed by atoms with Gasteiger partial charge in [0.05, 0.1) is 5.52 Å². The van der Waals surface area contributed by atoms with E-state index < -0.39 is 0 Å². The van der Waals surface area contributed by atoms with Crippen molar-refractivity contribution in [3.8, 4) is 5.75 Å². The Bertz CT molecular complexity index is 562. The Morgan fingerprint density at radius 1 is 1.44 bits per heavy atom. The molecule has 84 valence electrons. The molecule has 4 heteroatoms. The standard InChI is InChI=1S/C12H12INO2/c1-2-4-8-7-11(15)14-9-5-3-6-10(16-13)12(8)9/h3,5-7H,2,4H2,1H3,(H,14,15). The lowest BCUT2D eigenvalue weighted by molar-refractivity contribution is 0.724. The van der Waals surface area contributed by atoms with Gasteiger partial charge >= 0.3 is 0 Å². The molecule has 1 aromatic heterocycles. The molecule has 0 bridgehead atoms. The van der Waals surface area contributed by atoms with Gasteiger partial charge in [-0.3, -0.25) is 4.79 Å². The first-order valence-electron chi connectivity index (χ1n) is 5.19. The van der Waals surface area contributed by atoms with E-state index in [0.29, 0.717) is 0 Å².